The van der Waals surface area contributed by atoms with Crippen molar-refractivity contribution in [3.05, 3.63) is 28.8 Å². The Bertz CT molecular complexity index is 492. The number of carboxylic acids is 1. The summed E-state index contributed by atoms with van der Waals surface area (Å²) >= 11 is 0. The number of hydrogen-bond acceptors (Lipinski definition) is 3. The van der Waals surface area contributed by atoms with Gasteiger partial charge in [0.1, 0.15) is 11.8 Å². The monoisotopic (exact) mass is 287 g/mol. The molecule has 1 rings (SSSR count). The minimum atomic E-state index is -2.90. The molecule has 20 heavy (non-hydrogen) atoms. The third-order valence-corrected chi connectivity index (χ3v) is 3.33. The molecule has 1 unspecified atom stereocenters. The largest absolute Gasteiger partial charge is 0.480 e. The summed E-state index contributed by atoms with van der Waals surface area (Å²) in [6.07, 6.45) is 0. The number of benzene rings is 1. The Hall–Kier alpha value is -1.69. The SMILES string of the molecule is Cc1cc(CN(C)C(C)C(=O)O)c(OC(F)F)cc1C. The molecule has 1 N–H and O–H groups in total. The van der Waals surface area contributed by atoms with Crippen LogP contribution in [-0.2, 0) is 11.3 Å². The molecule has 0 bridgehead atoms. The highest BCUT2D eigenvalue weighted by atomic mass is 19.3. The molecule has 0 saturated heterocycles. The number of aryl methyl sites for hydroxylation is 2. The number of ether oxygens (including phenoxy) is 1. The van der Waals surface area contributed by atoms with Crippen LogP contribution in [0, 0.1) is 13.8 Å². The minimum Gasteiger partial charge on any atom is -0.480 e. The van der Waals surface area contributed by atoms with Crippen molar-refractivity contribution in [1.29, 1.82) is 0 Å². The lowest BCUT2D eigenvalue weighted by atomic mass is 10.0. The second-order valence-corrected chi connectivity index (χ2v) is 4.85. The molecular formula is C14H19F2NO3. The Balaban J connectivity index is 3.03. The van der Waals surface area contributed by atoms with E-state index in [1.54, 1.807) is 31.0 Å². The van der Waals surface area contributed by atoms with Crippen LogP contribution in [0.4, 0.5) is 8.78 Å². The van der Waals surface area contributed by atoms with Gasteiger partial charge in [0.15, 0.2) is 0 Å². The fourth-order valence-electron chi connectivity index (χ4n) is 1.77. The first-order valence-corrected chi connectivity index (χ1v) is 6.20. The number of carboxylic acid groups (broad SMARTS) is 1. The van der Waals surface area contributed by atoms with Crippen molar-refractivity contribution in [2.45, 2.75) is 40.0 Å². The van der Waals surface area contributed by atoms with Gasteiger partial charge in [-0.3, -0.25) is 9.69 Å². The van der Waals surface area contributed by atoms with E-state index in [1.165, 1.54) is 6.92 Å². The molecule has 0 saturated carbocycles. The molecule has 0 spiro atoms. The highest BCUT2D eigenvalue weighted by Gasteiger charge is 2.19. The maximum Gasteiger partial charge on any atom is 0.387 e. The van der Waals surface area contributed by atoms with Crippen molar-refractivity contribution >= 4 is 5.97 Å². The first kappa shape index (κ1) is 16.4. The fourth-order valence-corrected chi connectivity index (χ4v) is 1.77. The van der Waals surface area contributed by atoms with Gasteiger partial charge in [-0.15, -0.1) is 0 Å². The first-order valence-electron chi connectivity index (χ1n) is 6.20. The maximum absolute atomic E-state index is 12.4. The van der Waals surface area contributed by atoms with E-state index in [0.29, 0.717) is 5.56 Å². The Labute approximate surface area is 117 Å². The Morgan fingerprint density at radius 2 is 1.90 bits per heavy atom. The lowest BCUT2D eigenvalue weighted by Gasteiger charge is -2.23. The molecule has 6 heteroatoms. The summed E-state index contributed by atoms with van der Waals surface area (Å²) in [7, 11) is 1.63. The Kier molecular flexibility index (Phi) is 5.44. The lowest BCUT2D eigenvalue weighted by molar-refractivity contribution is -0.142. The maximum atomic E-state index is 12.4. The molecule has 1 aromatic rings. The molecule has 0 aliphatic carbocycles. The van der Waals surface area contributed by atoms with Crippen LogP contribution in [0.2, 0.25) is 0 Å². The molecule has 4 nitrogen and oxygen atoms in total. The van der Waals surface area contributed by atoms with E-state index < -0.39 is 18.6 Å². The first-order chi connectivity index (χ1) is 9.22. The molecule has 1 atom stereocenters. The fraction of sp³-hybridized carbons (Fsp3) is 0.500. The van der Waals surface area contributed by atoms with E-state index in [0.717, 1.165) is 11.1 Å². The van der Waals surface area contributed by atoms with Crippen LogP contribution in [0.25, 0.3) is 0 Å². The van der Waals surface area contributed by atoms with E-state index >= 15 is 0 Å². The van der Waals surface area contributed by atoms with Crippen LogP contribution in [0.1, 0.15) is 23.6 Å². The van der Waals surface area contributed by atoms with Crippen molar-refractivity contribution in [3.8, 4) is 5.75 Å². The third kappa shape index (κ3) is 4.16. The van der Waals surface area contributed by atoms with Gasteiger partial charge in [-0.05, 0) is 45.0 Å². The second-order valence-electron chi connectivity index (χ2n) is 4.85. The van der Waals surface area contributed by atoms with Crippen LogP contribution < -0.4 is 4.74 Å². The number of hydrogen-bond donors (Lipinski definition) is 1. The molecule has 0 radical (unpaired) electrons. The molecule has 0 amide bonds. The van der Waals surface area contributed by atoms with E-state index in [4.69, 9.17) is 5.11 Å². The zero-order chi connectivity index (χ0) is 15.4. The number of aliphatic carboxylic acids is 1. The summed E-state index contributed by atoms with van der Waals surface area (Å²) in [5.74, 6) is -0.875. The van der Waals surface area contributed by atoms with Gasteiger partial charge in [0.2, 0.25) is 0 Å². The smallest absolute Gasteiger partial charge is 0.387 e. The number of nitrogens with zero attached hydrogens (tertiary/aromatic N) is 1. The summed E-state index contributed by atoms with van der Waals surface area (Å²) in [4.78, 5) is 12.5. The molecule has 0 fully saturated rings. The highest BCUT2D eigenvalue weighted by Crippen LogP contribution is 2.26. The number of alkyl halides is 2. The molecule has 0 aliphatic heterocycles. The van der Waals surface area contributed by atoms with Gasteiger partial charge in [0, 0.05) is 12.1 Å². The minimum absolute atomic E-state index is 0.0903. The lowest BCUT2D eigenvalue weighted by Crippen LogP contribution is -2.35. The van der Waals surface area contributed by atoms with Crippen LogP contribution in [0.3, 0.4) is 0 Å². The van der Waals surface area contributed by atoms with E-state index in [9.17, 15) is 13.6 Å². The van der Waals surface area contributed by atoms with Gasteiger partial charge in [0.05, 0.1) is 0 Å². The van der Waals surface area contributed by atoms with Gasteiger partial charge in [0.25, 0.3) is 0 Å². The zero-order valence-corrected chi connectivity index (χ0v) is 12.0. The van der Waals surface area contributed by atoms with Crippen LogP contribution >= 0.6 is 0 Å². The molecule has 0 heterocycles. The van der Waals surface area contributed by atoms with E-state index in [2.05, 4.69) is 4.74 Å². The number of carbonyl (C=O) groups is 1. The Morgan fingerprint density at radius 1 is 1.35 bits per heavy atom. The van der Waals surface area contributed by atoms with Gasteiger partial charge in [-0.25, -0.2) is 0 Å². The average Bonchev–Trinajstić information content (AvgIpc) is 2.33. The van der Waals surface area contributed by atoms with Crippen LogP contribution in [0.5, 0.6) is 5.75 Å². The summed E-state index contributed by atoms with van der Waals surface area (Å²) in [5.41, 5.74) is 2.33. The van der Waals surface area contributed by atoms with Gasteiger partial charge >= 0.3 is 12.6 Å². The average molecular weight is 287 g/mol. The quantitative estimate of drug-likeness (QED) is 0.874. The Morgan fingerprint density at radius 3 is 2.40 bits per heavy atom. The van der Waals surface area contributed by atoms with Gasteiger partial charge < -0.3 is 9.84 Å². The van der Waals surface area contributed by atoms with Crippen molar-refractivity contribution in [3.63, 3.8) is 0 Å². The number of likely N-dealkylation sites (N-methyl/N-ethyl adjacent to an activating group) is 1. The van der Waals surface area contributed by atoms with Crippen molar-refractivity contribution in [2.75, 3.05) is 7.05 Å². The van der Waals surface area contributed by atoms with Crippen molar-refractivity contribution in [1.82, 2.24) is 4.90 Å². The van der Waals surface area contributed by atoms with Crippen LogP contribution in [0.15, 0.2) is 12.1 Å². The normalized spacial score (nSPS) is 12.8. The zero-order valence-electron chi connectivity index (χ0n) is 12.0. The van der Waals surface area contributed by atoms with E-state index in [-0.39, 0.29) is 12.3 Å². The molecule has 0 aromatic heterocycles. The number of halogens is 2. The summed E-state index contributed by atoms with van der Waals surface area (Å²) in [5, 5.41) is 8.95. The highest BCUT2D eigenvalue weighted by molar-refractivity contribution is 5.72. The molecular weight excluding hydrogens is 268 g/mol. The van der Waals surface area contributed by atoms with Gasteiger partial charge in [-0.1, -0.05) is 6.07 Å². The summed E-state index contributed by atoms with van der Waals surface area (Å²) in [6, 6.07) is 2.59. The second kappa shape index (κ2) is 6.65. The third-order valence-electron chi connectivity index (χ3n) is 3.33. The van der Waals surface area contributed by atoms with Gasteiger partial charge in [-0.2, -0.15) is 8.78 Å². The van der Waals surface area contributed by atoms with Crippen molar-refractivity contribution < 1.29 is 23.4 Å². The topological polar surface area (TPSA) is 49.8 Å². The molecule has 112 valence electrons. The van der Waals surface area contributed by atoms with E-state index in [1.807, 2.05) is 6.92 Å². The van der Waals surface area contributed by atoms with Crippen LogP contribution in [-0.4, -0.2) is 35.7 Å². The van der Waals surface area contributed by atoms with Crippen molar-refractivity contribution in [2.24, 2.45) is 0 Å². The predicted octanol–water partition coefficient (Wildman–Crippen LogP) is 2.81. The molecule has 0 aliphatic rings. The summed E-state index contributed by atoms with van der Waals surface area (Å²) in [6.45, 7) is 2.53. The molecule has 1 aromatic carbocycles. The predicted molar refractivity (Wildman–Crippen MR) is 71.1 cm³/mol. The summed E-state index contributed by atoms with van der Waals surface area (Å²) < 4.78 is 29.4. The number of rotatable bonds is 6. The standard InChI is InChI=1S/C14H19F2NO3/c1-8-5-11(7-17(4)10(3)13(18)19)12(6-9(8)2)20-14(15)16/h5-6,10,14H,7H2,1-4H3,(H,18,19).